The molecule has 1 N–H and O–H groups in total. The third-order valence-corrected chi connectivity index (χ3v) is 5.88. The van der Waals surface area contributed by atoms with E-state index in [0.717, 1.165) is 28.2 Å². The Bertz CT molecular complexity index is 874. The van der Waals surface area contributed by atoms with Crippen molar-refractivity contribution in [3.05, 3.63) is 52.4 Å². The van der Waals surface area contributed by atoms with Gasteiger partial charge in [0, 0.05) is 17.2 Å². The number of carbonyl (C=O) groups is 1. The maximum absolute atomic E-state index is 13.1. The van der Waals surface area contributed by atoms with E-state index in [2.05, 4.69) is 26.2 Å². The van der Waals surface area contributed by atoms with Gasteiger partial charge in [-0.3, -0.25) is 4.79 Å². The number of nitrogens with zero attached hydrogens (tertiary/aromatic N) is 2. The van der Waals surface area contributed by atoms with Crippen LogP contribution >= 0.6 is 15.9 Å². The number of amides is 1. The van der Waals surface area contributed by atoms with Gasteiger partial charge in [0.2, 0.25) is 15.9 Å². The van der Waals surface area contributed by atoms with Crippen LogP contribution in [0.25, 0.3) is 0 Å². The first-order chi connectivity index (χ1) is 11.2. The number of benzene rings is 1. The number of likely N-dealkylation sites (N-methyl/N-ethyl adjacent to an activating group) is 1. The van der Waals surface area contributed by atoms with Crippen molar-refractivity contribution >= 4 is 37.7 Å². The molecule has 24 heavy (non-hydrogen) atoms. The second-order valence-corrected chi connectivity index (χ2v) is 7.92. The lowest BCUT2D eigenvalue weighted by Gasteiger charge is -2.17. The average Bonchev–Trinajstić information content (AvgIpc) is 2.46. The van der Waals surface area contributed by atoms with Crippen LogP contribution < -0.4 is 5.32 Å². The van der Waals surface area contributed by atoms with Crippen molar-refractivity contribution in [3.63, 3.8) is 0 Å². The third kappa shape index (κ3) is 4.37. The summed E-state index contributed by atoms with van der Waals surface area (Å²) >= 11 is 3.02. The molecule has 2 aromatic rings. The summed E-state index contributed by atoms with van der Waals surface area (Å²) < 4.78 is 39.1. The molecule has 0 spiro atoms. The van der Waals surface area contributed by atoms with Crippen molar-refractivity contribution in [3.8, 4) is 0 Å². The predicted octanol–water partition coefficient (Wildman–Crippen LogP) is 2.55. The van der Waals surface area contributed by atoms with Gasteiger partial charge < -0.3 is 5.32 Å². The highest BCUT2D eigenvalue weighted by atomic mass is 79.9. The molecule has 1 amide bonds. The molecule has 128 valence electrons. The number of anilines is 1. The van der Waals surface area contributed by atoms with E-state index in [1.54, 1.807) is 25.1 Å². The van der Waals surface area contributed by atoms with Gasteiger partial charge in [-0.25, -0.2) is 17.8 Å². The van der Waals surface area contributed by atoms with Crippen LogP contribution in [0, 0.1) is 12.7 Å². The first kappa shape index (κ1) is 18.5. The standard InChI is InChI=1S/C15H15BrFN3O3S/c1-10-4-3-5-14(18-10)19-15(21)9-20(2)24(22,23)13-7-6-11(17)8-12(13)16/h3-8H,9H2,1-2H3,(H,18,19,21). The summed E-state index contributed by atoms with van der Waals surface area (Å²) in [6.07, 6.45) is 0. The van der Waals surface area contributed by atoms with Gasteiger partial charge in [-0.15, -0.1) is 0 Å². The van der Waals surface area contributed by atoms with Gasteiger partial charge in [-0.2, -0.15) is 4.31 Å². The maximum Gasteiger partial charge on any atom is 0.244 e. The van der Waals surface area contributed by atoms with Crippen LogP contribution in [0.15, 0.2) is 45.8 Å². The molecule has 0 atom stereocenters. The number of aromatic nitrogens is 1. The number of pyridine rings is 1. The van der Waals surface area contributed by atoms with Crippen LogP contribution in [0.3, 0.4) is 0 Å². The normalized spacial score (nSPS) is 11.5. The number of hydrogen-bond donors (Lipinski definition) is 1. The number of rotatable bonds is 5. The van der Waals surface area contributed by atoms with Crippen molar-refractivity contribution in [2.75, 3.05) is 18.9 Å². The summed E-state index contributed by atoms with van der Waals surface area (Å²) in [6.45, 7) is 1.38. The van der Waals surface area contributed by atoms with Crippen LogP contribution in [0.2, 0.25) is 0 Å². The molecular formula is C15H15BrFN3O3S. The summed E-state index contributed by atoms with van der Waals surface area (Å²) in [7, 11) is -2.67. The summed E-state index contributed by atoms with van der Waals surface area (Å²) in [5.41, 5.74) is 0.726. The van der Waals surface area contributed by atoms with E-state index in [1.807, 2.05) is 0 Å². The number of halogens is 2. The van der Waals surface area contributed by atoms with E-state index in [0.29, 0.717) is 5.82 Å². The van der Waals surface area contributed by atoms with Crippen molar-refractivity contribution in [1.82, 2.24) is 9.29 Å². The van der Waals surface area contributed by atoms with Crippen LogP contribution in [-0.2, 0) is 14.8 Å². The predicted molar refractivity (Wildman–Crippen MR) is 91.5 cm³/mol. The molecule has 0 aliphatic rings. The molecular weight excluding hydrogens is 401 g/mol. The topological polar surface area (TPSA) is 79.4 Å². The Morgan fingerprint density at radius 1 is 1.33 bits per heavy atom. The Morgan fingerprint density at radius 2 is 2.04 bits per heavy atom. The van der Waals surface area contributed by atoms with Gasteiger partial charge in [0.05, 0.1) is 11.4 Å². The number of carbonyl (C=O) groups excluding carboxylic acids is 1. The minimum absolute atomic E-state index is 0.0927. The van der Waals surface area contributed by atoms with Crippen LogP contribution in [0.1, 0.15) is 5.69 Å². The van der Waals surface area contributed by atoms with E-state index in [4.69, 9.17) is 0 Å². The molecule has 0 unspecified atom stereocenters. The Morgan fingerprint density at radius 3 is 2.67 bits per heavy atom. The zero-order chi connectivity index (χ0) is 17.9. The molecule has 1 aromatic carbocycles. The fourth-order valence-corrected chi connectivity index (χ4v) is 4.07. The highest BCUT2D eigenvalue weighted by molar-refractivity contribution is 9.10. The molecule has 0 fully saturated rings. The summed E-state index contributed by atoms with van der Waals surface area (Å²) in [4.78, 5) is 16.0. The Balaban J connectivity index is 2.12. The quantitative estimate of drug-likeness (QED) is 0.813. The molecule has 0 saturated heterocycles. The Hall–Kier alpha value is -1.84. The lowest BCUT2D eigenvalue weighted by atomic mass is 10.3. The first-order valence-corrected chi connectivity index (χ1v) is 9.08. The highest BCUT2D eigenvalue weighted by Crippen LogP contribution is 2.25. The second-order valence-electron chi connectivity index (χ2n) is 5.05. The number of aryl methyl sites for hydroxylation is 1. The average molecular weight is 416 g/mol. The lowest BCUT2D eigenvalue weighted by molar-refractivity contribution is -0.116. The van der Waals surface area contributed by atoms with Gasteiger partial charge >= 0.3 is 0 Å². The van der Waals surface area contributed by atoms with E-state index in [-0.39, 0.29) is 9.37 Å². The molecule has 0 aliphatic carbocycles. The summed E-state index contributed by atoms with van der Waals surface area (Å²) in [6, 6.07) is 8.35. The zero-order valence-electron chi connectivity index (χ0n) is 13.0. The molecule has 0 aliphatic heterocycles. The number of sulfonamides is 1. The van der Waals surface area contributed by atoms with Crippen molar-refractivity contribution in [2.24, 2.45) is 0 Å². The lowest BCUT2D eigenvalue weighted by Crippen LogP contribution is -2.35. The monoisotopic (exact) mass is 415 g/mol. The zero-order valence-corrected chi connectivity index (χ0v) is 15.4. The number of nitrogens with one attached hydrogen (secondary N) is 1. The molecule has 1 heterocycles. The maximum atomic E-state index is 13.1. The van der Waals surface area contributed by atoms with Crippen molar-refractivity contribution < 1.29 is 17.6 Å². The molecule has 0 saturated carbocycles. The van der Waals surface area contributed by atoms with Gasteiger partial charge in [0.15, 0.2) is 0 Å². The molecule has 6 nitrogen and oxygen atoms in total. The van der Waals surface area contributed by atoms with Crippen LogP contribution in [0.4, 0.5) is 10.2 Å². The molecule has 2 rings (SSSR count). The summed E-state index contributed by atoms with van der Waals surface area (Å²) in [5.74, 6) is -0.752. The van der Waals surface area contributed by atoms with Crippen LogP contribution in [-0.4, -0.2) is 37.2 Å². The molecule has 1 aromatic heterocycles. The highest BCUT2D eigenvalue weighted by Gasteiger charge is 2.25. The largest absolute Gasteiger partial charge is 0.310 e. The molecule has 0 bridgehead atoms. The van der Waals surface area contributed by atoms with Crippen LogP contribution in [0.5, 0.6) is 0 Å². The number of hydrogen-bond acceptors (Lipinski definition) is 4. The molecule has 9 heteroatoms. The Kier molecular flexibility index (Phi) is 5.68. The minimum atomic E-state index is -3.94. The van der Waals surface area contributed by atoms with E-state index < -0.39 is 28.3 Å². The smallest absolute Gasteiger partial charge is 0.244 e. The SMILES string of the molecule is Cc1cccc(NC(=O)CN(C)S(=O)(=O)c2ccc(F)cc2Br)n1. The molecule has 0 radical (unpaired) electrons. The van der Waals surface area contributed by atoms with E-state index in [1.165, 1.54) is 7.05 Å². The Labute approximate surface area is 147 Å². The van der Waals surface area contributed by atoms with Gasteiger partial charge in [-0.05, 0) is 53.2 Å². The summed E-state index contributed by atoms with van der Waals surface area (Å²) in [5, 5.41) is 2.53. The second kappa shape index (κ2) is 7.37. The van der Waals surface area contributed by atoms with Gasteiger partial charge in [-0.1, -0.05) is 6.07 Å². The van der Waals surface area contributed by atoms with Gasteiger partial charge in [0.1, 0.15) is 11.6 Å². The minimum Gasteiger partial charge on any atom is -0.310 e. The third-order valence-electron chi connectivity index (χ3n) is 3.10. The van der Waals surface area contributed by atoms with Crippen molar-refractivity contribution in [2.45, 2.75) is 11.8 Å². The van der Waals surface area contributed by atoms with Crippen molar-refractivity contribution in [1.29, 1.82) is 0 Å². The van der Waals surface area contributed by atoms with E-state index >= 15 is 0 Å². The fourth-order valence-electron chi connectivity index (χ4n) is 1.93. The van der Waals surface area contributed by atoms with Gasteiger partial charge in [0.25, 0.3) is 0 Å². The first-order valence-electron chi connectivity index (χ1n) is 6.85. The fraction of sp³-hybridized carbons (Fsp3) is 0.200. The van der Waals surface area contributed by atoms with E-state index in [9.17, 15) is 17.6 Å².